The molecule has 7 heteroatoms. The number of para-hydroxylation sites is 1. The van der Waals surface area contributed by atoms with E-state index in [2.05, 4.69) is 5.32 Å². The topological polar surface area (TPSA) is 88.9 Å². The number of urea groups is 1. The van der Waals surface area contributed by atoms with Crippen LogP contribution in [0.15, 0.2) is 52.9 Å². The van der Waals surface area contributed by atoms with E-state index >= 15 is 0 Å². The Morgan fingerprint density at radius 3 is 2.77 bits per heavy atom. The molecule has 5 rings (SSSR count). The molecule has 7 nitrogen and oxygen atoms in total. The second-order valence-corrected chi connectivity index (χ2v) is 7.69. The van der Waals surface area contributed by atoms with Crippen molar-refractivity contribution in [1.29, 1.82) is 0 Å². The van der Waals surface area contributed by atoms with E-state index in [9.17, 15) is 14.4 Å². The molecule has 3 amide bonds. The number of ether oxygens (including phenoxy) is 1. The Kier molecular flexibility index (Phi) is 4.13. The van der Waals surface area contributed by atoms with E-state index in [4.69, 9.17) is 9.15 Å². The SMILES string of the molecule is Cc1c(COC(=O)CN2C(=O)NC3(CCc4ccccc43)C2=O)oc2ccccc12. The summed E-state index contributed by atoms with van der Waals surface area (Å²) in [5.41, 5.74) is 2.38. The molecule has 1 N–H and O–H groups in total. The number of nitrogens with zero attached hydrogens (tertiary/aromatic N) is 1. The summed E-state index contributed by atoms with van der Waals surface area (Å²) in [7, 11) is 0. The van der Waals surface area contributed by atoms with Gasteiger partial charge in [-0.2, -0.15) is 0 Å². The number of esters is 1. The summed E-state index contributed by atoms with van der Waals surface area (Å²) in [6.45, 7) is 1.40. The normalized spacial score (nSPS) is 20.1. The number of rotatable bonds is 4. The van der Waals surface area contributed by atoms with Gasteiger partial charge in [-0.3, -0.25) is 14.5 Å². The summed E-state index contributed by atoms with van der Waals surface area (Å²) in [4.78, 5) is 38.9. The molecule has 0 radical (unpaired) electrons. The van der Waals surface area contributed by atoms with Gasteiger partial charge in [0.25, 0.3) is 5.91 Å². The Morgan fingerprint density at radius 1 is 1.17 bits per heavy atom. The fourth-order valence-electron chi connectivity index (χ4n) is 4.42. The van der Waals surface area contributed by atoms with Crippen LogP contribution in [0, 0.1) is 6.92 Å². The van der Waals surface area contributed by atoms with Gasteiger partial charge in [-0.15, -0.1) is 0 Å². The summed E-state index contributed by atoms with van der Waals surface area (Å²) in [6, 6.07) is 14.6. The molecule has 1 unspecified atom stereocenters. The molecule has 0 saturated carbocycles. The van der Waals surface area contributed by atoms with Crippen LogP contribution in [0.2, 0.25) is 0 Å². The molecule has 3 aromatic rings. The van der Waals surface area contributed by atoms with Gasteiger partial charge in [-0.1, -0.05) is 42.5 Å². The number of benzene rings is 2. The molecular weight excluding hydrogens is 384 g/mol. The minimum atomic E-state index is -1.08. The number of amides is 3. The third-order valence-electron chi connectivity index (χ3n) is 6.02. The average molecular weight is 404 g/mol. The summed E-state index contributed by atoms with van der Waals surface area (Å²) < 4.78 is 11.1. The number of hydrogen-bond acceptors (Lipinski definition) is 5. The van der Waals surface area contributed by atoms with Crippen molar-refractivity contribution in [2.24, 2.45) is 0 Å². The highest BCUT2D eigenvalue weighted by molar-refractivity contribution is 6.09. The second kappa shape index (κ2) is 6.73. The summed E-state index contributed by atoms with van der Waals surface area (Å²) in [5.74, 6) is -0.529. The fourth-order valence-corrected chi connectivity index (χ4v) is 4.42. The zero-order valence-corrected chi connectivity index (χ0v) is 16.4. The standard InChI is InChI=1S/C23H20N2O5/c1-14-16-7-3-5-9-18(16)30-19(14)13-29-20(26)12-25-21(27)23(24-22(25)28)11-10-15-6-2-4-8-17(15)23/h2-9H,10-13H2,1H3,(H,24,28). The highest BCUT2D eigenvalue weighted by atomic mass is 16.5. The van der Waals surface area contributed by atoms with E-state index in [-0.39, 0.29) is 6.61 Å². The van der Waals surface area contributed by atoms with Gasteiger partial charge in [0.05, 0.1) is 0 Å². The van der Waals surface area contributed by atoms with Gasteiger partial charge in [0, 0.05) is 10.9 Å². The third kappa shape index (κ3) is 2.69. The van der Waals surface area contributed by atoms with Gasteiger partial charge in [0.1, 0.15) is 30.0 Å². The molecule has 1 aliphatic heterocycles. The zero-order valence-electron chi connectivity index (χ0n) is 16.4. The first-order valence-electron chi connectivity index (χ1n) is 9.85. The fraction of sp³-hybridized carbons (Fsp3) is 0.261. The van der Waals surface area contributed by atoms with Crippen molar-refractivity contribution < 1.29 is 23.5 Å². The molecule has 2 heterocycles. The summed E-state index contributed by atoms with van der Waals surface area (Å²) in [6.07, 6.45) is 1.19. The van der Waals surface area contributed by atoms with E-state index in [0.29, 0.717) is 18.6 Å². The van der Waals surface area contributed by atoms with Crippen molar-refractivity contribution >= 4 is 28.9 Å². The van der Waals surface area contributed by atoms with Crippen molar-refractivity contribution in [3.8, 4) is 0 Å². The van der Waals surface area contributed by atoms with Crippen LogP contribution < -0.4 is 5.32 Å². The number of fused-ring (bicyclic) bond motifs is 3. The predicted octanol–water partition coefficient (Wildman–Crippen LogP) is 3.18. The molecule has 2 aliphatic rings. The number of carbonyl (C=O) groups is 3. The smallest absolute Gasteiger partial charge is 0.326 e. The first-order valence-corrected chi connectivity index (χ1v) is 9.85. The number of nitrogens with one attached hydrogen (secondary N) is 1. The molecule has 1 saturated heterocycles. The predicted molar refractivity (Wildman–Crippen MR) is 107 cm³/mol. The van der Waals surface area contributed by atoms with Crippen molar-refractivity contribution in [1.82, 2.24) is 10.2 Å². The van der Waals surface area contributed by atoms with E-state index in [1.165, 1.54) is 0 Å². The average Bonchev–Trinajstić information content (AvgIpc) is 3.36. The molecule has 1 fully saturated rings. The van der Waals surface area contributed by atoms with Crippen molar-refractivity contribution in [3.63, 3.8) is 0 Å². The number of aryl methyl sites for hydroxylation is 2. The van der Waals surface area contributed by atoms with Crippen LogP contribution in [-0.2, 0) is 32.9 Å². The Hall–Kier alpha value is -3.61. The Morgan fingerprint density at radius 2 is 1.93 bits per heavy atom. The molecule has 1 spiro atoms. The Balaban J connectivity index is 1.29. The Bertz CT molecular complexity index is 1200. The van der Waals surface area contributed by atoms with E-state index in [1.807, 2.05) is 55.5 Å². The van der Waals surface area contributed by atoms with E-state index in [0.717, 1.165) is 32.6 Å². The number of hydrogen-bond donors (Lipinski definition) is 1. The maximum atomic E-state index is 13.1. The zero-order chi connectivity index (χ0) is 20.9. The second-order valence-electron chi connectivity index (χ2n) is 7.69. The monoisotopic (exact) mass is 404 g/mol. The van der Waals surface area contributed by atoms with E-state index < -0.39 is 30.0 Å². The summed E-state index contributed by atoms with van der Waals surface area (Å²) >= 11 is 0. The minimum Gasteiger partial charge on any atom is -0.457 e. The largest absolute Gasteiger partial charge is 0.457 e. The Labute approximate surface area is 172 Å². The molecular formula is C23H20N2O5. The number of imide groups is 1. The van der Waals surface area contributed by atoms with Gasteiger partial charge in [0.15, 0.2) is 0 Å². The molecule has 0 bridgehead atoms. The van der Waals surface area contributed by atoms with Gasteiger partial charge < -0.3 is 14.5 Å². The maximum Gasteiger partial charge on any atom is 0.326 e. The molecule has 2 aromatic carbocycles. The van der Waals surface area contributed by atoms with Crippen LogP contribution in [0.3, 0.4) is 0 Å². The van der Waals surface area contributed by atoms with Crippen LogP contribution in [-0.4, -0.2) is 29.4 Å². The molecule has 30 heavy (non-hydrogen) atoms. The quantitative estimate of drug-likeness (QED) is 0.533. The van der Waals surface area contributed by atoms with Crippen LogP contribution in [0.4, 0.5) is 4.79 Å². The van der Waals surface area contributed by atoms with Gasteiger partial charge in [-0.25, -0.2) is 4.79 Å². The van der Waals surface area contributed by atoms with Gasteiger partial charge in [-0.05, 0) is 37.0 Å². The first kappa shape index (κ1) is 18.4. The summed E-state index contributed by atoms with van der Waals surface area (Å²) in [5, 5.41) is 3.76. The van der Waals surface area contributed by atoms with Crippen molar-refractivity contribution in [2.75, 3.05) is 6.54 Å². The molecule has 152 valence electrons. The highest BCUT2D eigenvalue weighted by Crippen LogP contribution is 2.41. The van der Waals surface area contributed by atoms with Crippen LogP contribution in [0.1, 0.15) is 28.9 Å². The van der Waals surface area contributed by atoms with E-state index in [1.54, 1.807) is 0 Å². The van der Waals surface area contributed by atoms with Crippen molar-refractivity contribution in [2.45, 2.75) is 31.9 Å². The van der Waals surface area contributed by atoms with Crippen LogP contribution in [0.25, 0.3) is 11.0 Å². The number of carbonyl (C=O) groups excluding carboxylic acids is 3. The molecule has 1 atom stereocenters. The number of furan rings is 1. The highest BCUT2D eigenvalue weighted by Gasteiger charge is 2.55. The van der Waals surface area contributed by atoms with Gasteiger partial charge in [0.2, 0.25) is 0 Å². The maximum absolute atomic E-state index is 13.1. The molecule has 1 aromatic heterocycles. The van der Waals surface area contributed by atoms with Crippen molar-refractivity contribution in [3.05, 3.63) is 71.0 Å². The van der Waals surface area contributed by atoms with Gasteiger partial charge >= 0.3 is 12.0 Å². The third-order valence-corrected chi connectivity index (χ3v) is 6.02. The minimum absolute atomic E-state index is 0.0586. The lowest BCUT2D eigenvalue weighted by Gasteiger charge is -2.22. The van der Waals surface area contributed by atoms with Crippen LogP contribution >= 0.6 is 0 Å². The lowest BCUT2D eigenvalue weighted by atomic mass is 9.92. The first-order chi connectivity index (χ1) is 14.5. The lowest BCUT2D eigenvalue weighted by Crippen LogP contribution is -2.42. The van der Waals surface area contributed by atoms with Crippen LogP contribution in [0.5, 0.6) is 0 Å². The lowest BCUT2D eigenvalue weighted by molar-refractivity contribution is -0.149. The molecule has 1 aliphatic carbocycles.